The number of thiophene rings is 1. The van der Waals surface area contributed by atoms with Crippen LogP contribution in [0.15, 0.2) is 18.2 Å². The lowest BCUT2D eigenvalue weighted by atomic mass is 10.1. The zero-order chi connectivity index (χ0) is 17.0. The molecule has 1 aliphatic carbocycles. The third-order valence-corrected chi connectivity index (χ3v) is 5.82. The standard InChI is InChI=1S/C16H12Cl2N4OS/c17-8-4-3-7(5-9(8)18)12-10-11(19)13(14(20)23)24-16(10)22-15(21-12)6-1-2-6/h3-6H,1-2,19H2,(H2,20,23). The molecule has 0 unspecified atom stereocenters. The summed E-state index contributed by atoms with van der Waals surface area (Å²) in [5, 5.41) is 1.53. The number of aromatic nitrogens is 2. The van der Waals surface area contributed by atoms with Gasteiger partial charge in [0.15, 0.2) is 0 Å². The van der Waals surface area contributed by atoms with Crippen LogP contribution in [0.4, 0.5) is 5.69 Å². The van der Waals surface area contributed by atoms with E-state index in [2.05, 4.69) is 4.98 Å². The van der Waals surface area contributed by atoms with Crippen molar-refractivity contribution in [1.82, 2.24) is 9.97 Å². The van der Waals surface area contributed by atoms with E-state index in [-0.39, 0.29) is 0 Å². The number of primary amides is 1. The van der Waals surface area contributed by atoms with Crippen LogP contribution in [0, 0.1) is 0 Å². The van der Waals surface area contributed by atoms with Crippen LogP contribution >= 0.6 is 34.5 Å². The van der Waals surface area contributed by atoms with E-state index in [0.717, 1.165) is 24.2 Å². The third kappa shape index (κ3) is 2.51. The fourth-order valence-electron chi connectivity index (χ4n) is 2.60. The van der Waals surface area contributed by atoms with Crippen molar-refractivity contribution in [1.29, 1.82) is 0 Å². The summed E-state index contributed by atoms with van der Waals surface area (Å²) in [5.74, 6) is 0.556. The lowest BCUT2D eigenvalue weighted by Gasteiger charge is -2.08. The Kier molecular flexibility index (Phi) is 3.63. The fraction of sp³-hybridized carbons (Fsp3) is 0.188. The molecular weight excluding hydrogens is 367 g/mol. The average Bonchev–Trinajstić information content (AvgIpc) is 3.33. The minimum Gasteiger partial charge on any atom is -0.397 e. The summed E-state index contributed by atoms with van der Waals surface area (Å²) in [5.41, 5.74) is 13.3. The number of rotatable bonds is 3. The van der Waals surface area contributed by atoms with Crippen LogP contribution in [0.25, 0.3) is 21.5 Å². The highest BCUT2D eigenvalue weighted by Gasteiger charge is 2.29. The molecule has 0 saturated heterocycles. The summed E-state index contributed by atoms with van der Waals surface area (Å²) >= 11 is 13.4. The number of amides is 1. The number of carbonyl (C=O) groups is 1. The van der Waals surface area contributed by atoms with Crippen molar-refractivity contribution in [3.8, 4) is 11.3 Å². The van der Waals surface area contributed by atoms with Crippen LogP contribution in [-0.2, 0) is 0 Å². The second-order valence-corrected chi connectivity index (χ2v) is 7.54. The molecular formula is C16H12Cl2N4OS. The molecule has 1 amide bonds. The summed E-state index contributed by atoms with van der Waals surface area (Å²) in [7, 11) is 0. The molecule has 3 aromatic rings. The van der Waals surface area contributed by atoms with Crippen LogP contribution < -0.4 is 11.5 Å². The first-order valence-corrected chi connectivity index (χ1v) is 8.88. The number of nitrogens with zero attached hydrogens (tertiary/aromatic N) is 2. The molecule has 4 N–H and O–H groups in total. The van der Waals surface area contributed by atoms with Crippen molar-refractivity contribution in [2.75, 3.05) is 5.73 Å². The van der Waals surface area contributed by atoms with Crippen molar-refractivity contribution in [2.45, 2.75) is 18.8 Å². The minimum absolute atomic E-state index is 0.300. The number of carbonyl (C=O) groups excluding carboxylic acids is 1. The van der Waals surface area contributed by atoms with Gasteiger partial charge < -0.3 is 11.5 Å². The maximum atomic E-state index is 11.6. The molecule has 2 heterocycles. The van der Waals surface area contributed by atoms with Crippen LogP contribution in [0.5, 0.6) is 0 Å². The molecule has 8 heteroatoms. The molecule has 1 aromatic carbocycles. The molecule has 1 fully saturated rings. The molecule has 1 aliphatic rings. The summed E-state index contributed by atoms with van der Waals surface area (Å²) in [4.78, 5) is 21.9. The Labute approximate surface area is 151 Å². The zero-order valence-electron chi connectivity index (χ0n) is 12.3. The van der Waals surface area contributed by atoms with Crippen molar-refractivity contribution >= 4 is 56.3 Å². The molecule has 0 spiro atoms. The van der Waals surface area contributed by atoms with Crippen molar-refractivity contribution < 1.29 is 4.79 Å². The lowest BCUT2D eigenvalue weighted by Crippen LogP contribution is -2.10. The van der Waals surface area contributed by atoms with E-state index in [1.807, 2.05) is 6.07 Å². The Morgan fingerprint density at radius 3 is 2.58 bits per heavy atom. The third-order valence-electron chi connectivity index (χ3n) is 3.97. The van der Waals surface area contributed by atoms with Gasteiger partial charge in [0.2, 0.25) is 0 Å². The van der Waals surface area contributed by atoms with Gasteiger partial charge in [-0.2, -0.15) is 0 Å². The van der Waals surface area contributed by atoms with E-state index in [0.29, 0.717) is 42.4 Å². The molecule has 24 heavy (non-hydrogen) atoms. The van der Waals surface area contributed by atoms with E-state index >= 15 is 0 Å². The predicted octanol–water partition coefficient (Wildman–Crippen LogP) is 4.22. The van der Waals surface area contributed by atoms with Gasteiger partial charge in [0.1, 0.15) is 15.5 Å². The first-order chi connectivity index (χ1) is 11.5. The summed E-state index contributed by atoms with van der Waals surface area (Å²) < 4.78 is 0. The van der Waals surface area contributed by atoms with E-state index in [1.54, 1.807) is 12.1 Å². The topological polar surface area (TPSA) is 94.9 Å². The SMILES string of the molecule is NC(=O)c1sc2nc(C3CC3)nc(-c3ccc(Cl)c(Cl)c3)c2c1N. The van der Waals surface area contributed by atoms with Crippen molar-refractivity contribution in [2.24, 2.45) is 5.73 Å². The van der Waals surface area contributed by atoms with E-state index in [1.165, 1.54) is 11.3 Å². The van der Waals surface area contributed by atoms with Crippen LogP contribution in [0.2, 0.25) is 10.0 Å². The molecule has 0 aliphatic heterocycles. The monoisotopic (exact) mass is 378 g/mol. The van der Waals surface area contributed by atoms with Crippen LogP contribution in [-0.4, -0.2) is 15.9 Å². The normalized spacial score (nSPS) is 14.2. The number of fused-ring (bicyclic) bond motifs is 1. The number of halogens is 2. The highest BCUT2D eigenvalue weighted by molar-refractivity contribution is 7.21. The van der Waals surface area contributed by atoms with Gasteiger partial charge in [0.25, 0.3) is 5.91 Å². The Morgan fingerprint density at radius 2 is 1.96 bits per heavy atom. The predicted molar refractivity (Wildman–Crippen MR) is 97.8 cm³/mol. The van der Waals surface area contributed by atoms with Gasteiger partial charge in [0, 0.05) is 11.5 Å². The number of anilines is 1. The molecule has 2 aromatic heterocycles. The first kappa shape index (κ1) is 15.6. The van der Waals surface area contributed by atoms with Gasteiger partial charge in [-0.25, -0.2) is 9.97 Å². The molecule has 122 valence electrons. The fourth-order valence-corrected chi connectivity index (χ4v) is 3.85. The largest absolute Gasteiger partial charge is 0.397 e. The smallest absolute Gasteiger partial charge is 0.260 e. The molecule has 5 nitrogen and oxygen atoms in total. The first-order valence-electron chi connectivity index (χ1n) is 7.31. The maximum Gasteiger partial charge on any atom is 0.260 e. The van der Waals surface area contributed by atoms with Gasteiger partial charge in [0.05, 0.1) is 26.8 Å². The Hall–Kier alpha value is -1.89. The van der Waals surface area contributed by atoms with Gasteiger partial charge in [-0.3, -0.25) is 4.79 Å². The average molecular weight is 379 g/mol. The van der Waals surface area contributed by atoms with E-state index < -0.39 is 5.91 Å². The second kappa shape index (κ2) is 5.58. The number of nitrogen functional groups attached to an aromatic ring is 1. The molecule has 1 saturated carbocycles. The summed E-state index contributed by atoms with van der Waals surface area (Å²) in [6.07, 6.45) is 2.13. The zero-order valence-corrected chi connectivity index (χ0v) is 14.7. The van der Waals surface area contributed by atoms with Crippen LogP contribution in [0.3, 0.4) is 0 Å². The van der Waals surface area contributed by atoms with Gasteiger partial charge >= 0.3 is 0 Å². The molecule has 0 atom stereocenters. The van der Waals surface area contributed by atoms with Crippen LogP contribution in [0.1, 0.15) is 34.3 Å². The van der Waals surface area contributed by atoms with E-state index in [9.17, 15) is 4.79 Å². The lowest BCUT2D eigenvalue weighted by molar-refractivity contribution is 0.100. The maximum absolute atomic E-state index is 11.6. The van der Waals surface area contributed by atoms with Crippen molar-refractivity contribution in [3.63, 3.8) is 0 Å². The Morgan fingerprint density at radius 1 is 1.21 bits per heavy atom. The second-order valence-electron chi connectivity index (χ2n) is 5.72. The van der Waals surface area contributed by atoms with Gasteiger partial charge in [-0.1, -0.05) is 29.3 Å². The number of hydrogen-bond donors (Lipinski definition) is 2. The molecule has 0 bridgehead atoms. The molecule has 0 radical (unpaired) electrons. The van der Waals surface area contributed by atoms with E-state index in [4.69, 9.17) is 39.7 Å². The summed E-state index contributed by atoms with van der Waals surface area (Å²) in [6.45, 7) is 0. The quantitative estimate of drug-likeness (QED) is 0.712. The Bertz CT molecular complexity index is 997. The number of nitrogens with two attached hydrogens (primary N) is 2. The van der Waals surface area contributed by atoms with Crippen molar-refractivity contribution in [3.05, 3.63) is 38.9 Å². The Balaban J connectivity index is 2.04. The molecule has 4 rings (SSSR count). The van der Waals surface area contributed by atoms with Gasteiger partial charge in [-0.15, -0.1) is 11.3 Å². The number of benzene rings is 1. The minimum atomic E-state index is -0.566. The van der Waals surface area contributed by atoms with Gasteiger partial charge in [-0.05, 0) is 25.0 Å². The number of hydrogen-bond acceptors (Lipinski definition) is 5. The highest BCUT2D eigenvalue weighted by atomic mass is 35.5. The summed E-state index contributed by atoms with van der Waals surface area (Å²) in [6, 6.07) is 5.28. The highest BCUT2D eigenvalue weighted by Crippen LogP contribution is 2.44.